The summed E-state index contributed by atoms with van der Waals surface area (Å²) in [7, 11) is -2.17. The monoisotopic (exact) mass is 361 g/mol. The van der Waals surface area contributed by atoms with Crippen LogP contribution >= 0.6 is 11.6 Å². The number of hydrogen-bond acceptors (Lipinski definition) is 3. The van der Waals surface area contributed by atoms with E-state index in [1.165, 1.54) is 25.3 Å². The first-order valence-electron chi connectivity index (χ1n) is 7.30. The van der Waals surface area contributed by atoms with Crippen molar-refractivity contribution in [2.75, 3.05) is 7.11 Å². The number of hydrogen-bond donors (Lipinski definition) is 1. The molecule has 0 fully saturated rings. The fourth-order valence-corrected chi connectivity index (χ4v) is 3.79. The smallest absolute Gasteiger partial charge is 0.240 e. The van der Waals surface area contributed by atoms with E-state index in [-0.39, 0.29) is 16.5 Å². The third-order valence-corrected chi connectivity index (χ3v) is 5.41. The Bertz CT molecular complexity index is 986. The Morgan fingerprint density at radius 1 is 1.00 bits per heavy atom. The minimum absolute atomic E-state index is 0.106. The quantitative estimate of drug-likeness (QED) is 0.747. The zero-order chi connectivity index (χ0) is 17.2. The molecule has 0 aromatic heterocycles. The lowest BCUT2D eigenvalue weighted by molar-refractivity contribution is 0.414. The average Bonchev–Trinajstić information content (AvgIpc) is 2.60. The lowest BCUT2D eigenvalue weighted by atomic mass is 10.1. The van der Waals surface area contributed by atoms with E-state index in [1.54, 1.807) is 0 Å². The zero-order valence-corrected chi connectivity index (χ0v) is 14.6. The van der Waals surface area contributed by atoms with Crippen LogP contribution in [0.4, 0.5) is 0 Å². The second-order valence-corrected chi connectivity index (χ2v) is 7.48. The van der Waals surface area contributed by atoms with E-state index in [0.29, 0.717) is 5.75 Å². The molecule has 4 nitrogen and oxygen atoms in total. The van der Waals surface area contributed by atoms with Crippen LogP contribution in [-0.4, -0.2) is 15.5 Å². The molecule has 0 unspecified atom stereocenters. The largest absolute Gasteiger partial charge is 0.495 e. The fraction of sp³-hybridized carbons (Fsp3) is 0.111. The highest BCUT2D eigenvalue weighted by Gasteiger charge is 2.15. The van der Waals surface area contributed by atoms with Crippen molar-refractivity contribution < 1.29 is 13.2 Å². The Morgan fingerprint density at radius 2 is 1.75 bits per heavy atom. The van der Waals surface area contributed by atoms with Gasteiger partial charge in [0.05, 0.1) is 17.0 Å². The summed E-state index contributed by atoms with van der Waals surface area (Å²) in [4.78, 5) is 0.106. The molecule has 0 saturated carbocycles. The summed E-state index contributed by atoms with van der Waals surface area (Å²) in [5.41, 5.74) is 0.886. The number of ether oxygens (including phenoxy) is 1. The molecule has 0 saturated heterocycles. The van der Waals surface area contributed by atoms with Crippen LogP contribution < -0.4 is 9.46 Å². The van der Waals surface area contributed by atoms with E-state index in [1.807, 2.05) is 42.5 Å². The van der Waals surface area contributed by atoms with Gasteiger partial charge >= 0.3 is 0 Å². The molecule has 124 valence electrons. The average molecular weight is 362 g/mol. The van der Waals surface area contributed by atoms with Crippen molar-refractivity contribution in [1.29, 1.82) is 0 Å². The maximum atomic E-state index is 12.4. The Labute approximate surface area is 146 Å². The van der Waals surface area contributed by atoms with Crippen molar-refractivity contribution in [3.63, 3.8) is 0 Å². The van der Waals surface area contributed by atoms with Crippen LogP contribution in [0.5, 0.6) is 5.75 Å². The van der Waals surface area contributed by atoms with Gasteiger partial charge in [-0.1, -0.05) is 48.0 Å². The normalized spacial score (nSPS) is 11.6. The molecule has 3 aromatic rings. The SMILES string of the molecule is COc1ccc(S(=O)(=O)NCc2ccc3ccccc3c2)cc1Cl. The molecule has 0 atom stereocenters. The Hall–Kier alpha value is -2.08. The number of nitrogens with one attached hydrogen (secondary N) is 1. The molecular formula is C18H16ClNO3S. The molecule has 0 aliphatic rings. The van der Waals surface area contributed by atoms with E-state index < -0.39 is 10.0 Å². The lowest BCUT2D eigenvalue weighted by Gasteiger charge is -2.09. The van der Waals surface area contributed by atoms with Crippen molar-refractivity contribution in [3.8, 4) is 5.75 Å². The van der Waals surface area contributed by atoms with Crippen LogP contribution in [0.15, 0.2) is 65.6 Å². The van der Waals surface area contributed by atoms with Gasteiger partial charge in [0.2, 0.25) is 10.0 Å². The second-order valence-electron chi connectivity index (χ2n) is 5.30. The predicted molar refractivity (Wildman–Crippen MR) is 96.0 cm³/mol. The molecule has 3 aromatic carbocycles. The van der Waals surface area contributed by atoms with Crippen LogP contribution in [0, 0.1) is 0 Å². The summed E-state index contributed by atoms with van der Waals surface area (Å²) in [6.45, 7) is 0.205. The van der Waals surface area contributed by atoms with Gasteiger partial charge in [0, 0.05) is 6.54 Å². The molecule has 0 aliphatic heterocycles. The minimum atomic E-state index is -3.65. The van der Waals surface area contributed by atoms with Gasteiger partial charge in [-0.25, -0.2) is 13.1 Å². The van der Waals surface area contributed by atoms with E-state index in [4.69, 9.17) is 16.3 Å². The van der Waals surface area contributed by atoms with Gasteiger partial charge in [-0.3, -0.25) is 0 Å². The fourth-order valence-electron chi connectivity index (χ4n) is 2.42. The number of methoxy groups -OCH3 is 1. The number of halogens is 1. The number of benzene rings is 3. The summed E-state index contributed by atoms with van der Waals surface area (Å²) in [6, 6.07) is 18.2. The third kappa shape index (κ3) is 3.53. The third-order valence-electron chi connectivity index (χ3n) is 3.71. The molecule has 0 radical (unpaired) electrons. The van der Waals surface area contributed by atoms with Crippen LogP contribution in [-0.2, 0) is 16.6 Å². The maximum Gasteiger partial charge on any atom is 0.240 e. The molecule has 24 heavy (non-hydrogen) atoms. The minimum Gasteiger partial charge on any atom is -0.495 e. The van der Waals surface area contributed by atoms with E-state index in [0.717, 1.165) is 16.3 Å². The highest BCUT2D eigenvalue weighted by molar-refractivity contribution is 7.89. The highest BCUT2D eigenvalue weighted by Crippen LogP contribution is 2.27. The lowest BCUT2D eigenvalue weighted by Crippen LogP contribution is -2.23. The van der Waals surface area contributed by atoms with Gasteiger partial charge in [-0.2, -0.15) is 0 Å². The Morgan fingerprint density at radius 3 is 2.46 bits per heavy atom. The van der Waals surface area contributed by atoms with Gasteiger partial charge in [0.1, 0.15) is 5.75 Å². The first-order chi connectivity index (χ1) is 11.5. The van der Waals surface area contributed by atoms with Gasteiger partial charge < -0.3 is 4.74 Å². The molecular weight excluding hydrogens is 346 g/mol. The van der Waals surface area contributed by atoms with Crippen molar-refractivity contribution in [3.05, 3.63) is 71.2 Å². The Balaban J connectivity index is 1.80. The van der Waals surface area contributed by atoms with E-state index >= 15 is 0 Å². The molecule has 0 amide bonds. The van der Waals surface area contributed by atoms with Gasteiger partial charge in [0.25, 0.3) is 0 Å². The number of sulfonamides is 1. The van der Waals surface area contributed by atoms with Gasteiger partial charge in [-0.15, -0.1) is 0 Å². The summed E-state index contributed by atoms with van der Waals surface area (Å²) < 4.78 is 32.5. The van der Waals surface area contributed by atoms with Crippen LogP contribution in [0.25, 0.3) is 10.8 Å². The molecule has 0 bridgehead atoms. The summed E-state index contributed by atoms with van der Waals surface area (Å²) in [6.07, 6.45) is 0. The van der Waals surface area contributed by atoms with Crippen LogP contribution in [0.2, 0.25) is 5.02 Å². The first kappa shape index (κ1) is 16.8. The van der Waals surface area contributed by atoms with Crippen molar-refractivity contribution >= 4 is 32.4 Å². The van der Waals surface area contributed by atoms with Gasteiger partial charge in [-0.05, 0) is 40.6 Å². The number of fused-ring (bicyclic) bond motifs is 1. The van der Waals surface area contributed by atoms with Crippen molar-refractivity contribution in [2.24, 2.45) is 0 Å². The van der Waals surface area contributed by atoms with Crippen LogP contribution in [0.1, 0.15) is 5.56 Å². The van der Waals surface area contributed by atoms with Gasteiger partial charge in [0.15, 0.2) is 0 Å². The molecule has 6 heteroatoms. The van der Waals surface area contributed by atoms with Crippen molar-refractivity contribution in [1.82, 2.24) is 4.72 Å². The van der Waals surface area contributed by atoms with Crippen molar-refractivity contribution in [2.45, 2.75) is 11.4 Å². The molecule has 0 heterocycles. The van der Waals surface area contributed by atoms with Crippen LogP contribution in [0.3, 0.4) is 0 Å². The predicted octanol–water partition coefficient (Wildman–Crippen LogP) is 3.98. The zero-order valence-electron chi connectivity index (χ0n) is 13.0. The topological polar surface area (TPSA) is 55.4 Å². The standard InChI is InChI=1S/C18H16ClNO3S/c1-23-18-9-8-16(11-17(18)19)24(21,22)20-12-13-6-7-14-4-2-3-5-15(14)10-13/h2-11,20H,12H2,1H3. The summed E-state index contributed by atoms with van der Waals surface area (Å²) >= 11 is 6.00. The number of rotatable bonds is 5. The Kier molecular flexibility index (Phi) is 4.76. The summed E-state index contributed by atoms with van der Waals surface area (Å²) in [5, 5.41) is 2.44. The summed E-state index contributed by atoms with van der Waals surface area (Å²) in [5.74, 6) is 0.435. The van der Waals surface area contributed by atoms with E-state index in [9.17, 15) is 8.42 Å². The molecule has 0 spiro atoms. The van der Waals surface area contributed by atoms with E-state index in [2.05, 4.69) is 4.72 Å². The second kappa shape index (κ2) is 6.81. The molecule has 1 N–H and O–H groups in total. The first-order valence-corrected chi connectivity index (χ1v) is 9.16. The molecule has 3 rings (SSSR count). The maximum absolute atomic E-state index is 12.4. The highest BCUT2D eigenvalue weighted by atomic mass is 35.5. The molecule has 0 aliphatic carbocycles.